The molecule has 3 aromatic carbocycles. The summed E-state index contributed by atoms with van der Waals surface area (Å²) in [6.45, 7) is 0.774. The Kier molecular flexibility index (Phi) is 7.33. The average Bonchev–Trinajstić information content (AvgIpc) is 2.74. The van der Waals surface area contributed by atoms with E-state index >= 15 is 0 Å². The third-order valence-electron chi connectivity index (χ3n) is 4.64. The molecule has 2 N–H and O–H groups in total. The molecule has 0 aliphatic rings. The van der Waals surface area contributed by atoms with Crippen molar-refractivity contribution in [1.29, 1.82) is 0 Å². The molecule has 1 atom stereocenters. The number of halogens is 1. The summed E-state index contributed by atoms with van der Waals surface area (Å²) >= 11 is 0. The maximum Gasteiger partial charge on any atom is 0.233 e. The number of benzene rings is 3. The lowest BCUT2D eigenvalue weighted by atomic mass is 9.99. The van der Waals surface area contributed by atoms with Gasteiger partial charge in [-0.15, -0.1) is 0 Å². The molecule has 0 radical (unpaired) electrons. The van der Waals surface area contributed by atoms with Gasteiger partial charge in [0.05, 0.1) is 6.54 Å². The van der Waals surface area contributed by atoms with Crippen molar-refractivity contribution in [2.75, 3.05) is 13.1 Å². The van der Waals surface area contributed by atoms with Crippen LogP contribution in [0.4, 0.5) is 4.39 Å². The molecule has 0 saturated carbocycles. The fraction of sp³-hybridized carbons (Fsp3) is 0.208. The molecule has 0 fully saturated rings. The van der Waals surface area contributed by atoms with Crippen LogP contribution in [0.3, 0.4) is 0 Å². The second-order valence-corrected chi connectivity index (χ2v) is 6.76. The first-order valence-electron chi connectivity index (χ1n) is 9.54. The van der Waals surface area contributed by atoms with Crippen LogP contribution in [0.15, 0.2) is 84.9 Å². The summed E-state index contributed by atoms with van der Waals surface area (Å²) in [6.07, 6.45) is 1.49. The van der Waals surface area contributed by atoms with E-state index in [-0.39, 0.29) is 24.3 Å². The highest BCUT2D eigenvalue weighted by Crippen LogP contribution is 2.18. The normalized spacial score (nSPS) is 11.8. The van der Waals surface area contributed by atoms with Crippen LogP contribution < -0.4 is 10.6 Å². The van der Waals surface area contributed by atoms with E-state index in [9.17, 15) is 9.18 Å². The van der Waals surface area contributed by atoms with E-state index in [1.165, 1.54) is 17.7 Å². The van der Waals surface area contributed by atoms with Crippen LogP contribution in [0.25, 0.3) is 0 Å². The fourth-order valence-electron chi connectivity index (χ4n) is 3.12. The molecule has 28 heavy (non-hydrogen) atoms. The van der Waals surface area contributed by atoms with Crippen molar-refractivity contribution in [2.45, 2.75) is 18.9 Å². The molecule has 3 rings (SSSR count). The van der Waals surface area contributed by atoms with Gasteiger partial charge in [-0.2, -0.15) is 0 Å². The largest absolute Gasteiger partial charge is 0.355 e. The average molecular weight is 376 g/mol. The Labute approximate surface area is 165 Å². The van der Waals surface area contributed by atoms with Crippen molar-refractivity contribution in [2.24, 2.45) is 0 Å². The van der Waals surface area contributed by atoms with Crippen LogP contribution >= 0.6 is 0 Å². The monoisotopic (exact) mass is 376 g/mol. The first-order valence-corrected chi connectivity index (χ1v) is 9.54. The summed E-state index contributed by atoms with van der Waals surface area (Å²) in [4.78, 5) is 12.2. The first-order chi connectivity index (χ1) is 13.7. The molecule has 1 amide bonds. The van der Waals surface area contributed by atoms with Gasteiger partial charge in [0.2, 0.25) is 5.91 Å². The minimum atomic E-state index is -0.248. The zero-order valence-corrected chi connectivity index (χ0v) is 15.8. The molecule has 0 aliphatic carbocycles. The Morgan fingerprint density at radius 1 is 0.821 bits per heavy atom. The standard InChI is InChI=1S/C24H25FN2O/c25-22-13-11-19(12-14-22)15-16-26-24(28)18-27-23(21-9-5-2-6-10-21)17-20-7-3-1-4-8-20/h1-14,23,27H,15-18H2,(H,26,28). The molecule has 1 unspecified atom stereocenters. The van der Waals surface area contributed by atoms with E-state index < -0.39 is 0 Å². The van der Waals surface area contributed by atoms with Crippen molar-refractivity contribution in [3.05, 3.63) is 107 Å². The second-order valence-electron chi connectivity index (χ2n) is 6.76. The third-order valence-corrected chi connectivity index (χ3v) is 4.64. The summed E-state index contributed by atoms with van der Waals surface area (Å²) in [5.74, 6) is -0.293. The molecule has 0 aliphatic heterocycles. The minimum absolute atomic E-state index is 0.0453. The van der Waals surface area contributed by atoms with Gasteiger partial charge in [-0.3, -0.25) is 4.79 Å². The molecule has 0 aromatic heterocycles. The highest BCUT2D eigenvalue weighted by molar-refractivity contribution is 5.78. The maximum absolute atomic E-state index is 12.9. The van der Waals surface area contributed by atoms with Crippen molar-refractivity contribution in [3.8, 4) is 0 Å². The topological polar surface area (TPSA) is 41.1 Å². The maximum atomic E-state index is 12.9. The Bertz CT molecular complexity index is 851. The van der Waals surface area contributed by atoms with Crippen LogP contribution in [0.5, 0.6) is 0 Å². The van der Waals surface area contributed by atoms with E-state index in [2.05, 4.69) is 34.9 Å². The van der Waals surface area contributed by atoms with Crippen LogP contribution in [-0.4, -0.2) is 19.0 Å². The number of nitrogens with one attached hydrogen (secondary N) is 2. The van der Waals surface area contributed by atoms with Crippen LogP contribution in [0, 0.1) is 5.82 Å². The second kappa shape index (κ2) is 10.4. The lowest BCUT2D eigenvalue weighted by molar-refractivity contribution is -0.120. The molecule has 4 heteroatoms. The van der Waals surface area contributed by atoms with Gasteiger partial charge in [-0.25, -0.2) is 4.39 Å². The van der Waals surface area contributed by atoms with Crippen molar-refractivity contribution < 1.29 is 9.18 Å². The highest BCUT2D eigenvalue weighted by Gasteiger charge is 2.13. The van der Waals surface area contributed by atoms with Crippen molar-refractivity contribution >= 4 is 5.91 Å². The molecule has 3 aromatic rings. The van der Waals surface area contributed by atoms with E-state index in [1.807, 2.05) is 36.4 Å². The van der Waals surface area contributed by atoms with Crippen LogP contribution in [0.1, 0.15) is 22.7 Å². The van der Waals surface area contributed by atoms with E-state index in [0.717, 1.165) is 17.5 Å². The Morgan fingerprint density at radius 3 is 2.14 bits per heavy atom. The predicted octanol–water partition coefficient (Wildman–Crippen LogP) is 4.06. The summed E-state index contributed by atoms with van der Waals surface area (Å²) in [5, 5.41) is 6.30. The number of hydrogen-bond donors (Lipinski definition) is 2. The van der Waals surface area contributed by atoms with Gasteiger partial charge in [0, 0.05) is 12.6 Å². The first kappa shape index (κ1) is 19.8. The molecule has 0 saturated heterocycles. The predicted molar refractivity (Wildman–Crippen MR) is 110 cm³/mol. The summed E-state index contributed by atoms with van der Waals surface area (Å²) in [5.41, 5.74) is 3.38. The minimum Gasteiger partial charge on any atom is -0.355 e. The van der Waals surface area contributed by atoms with Gasteiger partial charge in [0.15, 0.2) is 0 Å². The zero-order chi connectivity index (χ0) is 19.6. The Hall–Kier alpha value is -2.98. The van der Waals surface area contributed by atoms with E-state index in [4.69, 9.17) is 0 Å². The Balaban J connectivity index is 1.51. The van der Waals surface area contributed by atoms with Crippen molar-refractivity contribution in [1.82, 2.24) is 10.6 Å². The molecular formula is C24H25FN2O. The van der Waals surface area contributed by atoms with Crippen LogP contribution in [-0.2, 0) is 17.6 Å². The van der Waals surface area contributed by atoms with Gasteiger partial charge in [0.25, 0.3) is 0 Å². The number of amides is 1. The quantitative estimate of drug-likeness (QED) is 0.591. The molecular weight excluding hydrogens is 351 g/mol. The number of hydrogen-bond acceptors (Lipinski definition) is 2. The van der Waals surface area contributed by atoms with Gasteiger partial charge >= 0.3 is 0 Å². The van der Waals surface area contributed by atoms with Gasteiger partial charge in [-0.05, 0) is 41.7 Å². The van der Waals surface area contributed by atoms with Gasteiger partial charge < -0.3 is 10.6 Å². The molecule has 144 valence electrons. The van der Waals surface area contributed by atoms with Crippen LogP contribution in [0.2, 0.25) is 0 Å². The number of carbonyl (C=O) groups is 1. The Morgan fingerprint density at radius 2 is 1.46 bits per heavy atom. The zero-order valence-electron chi connectivity index (χ0n) is 15.8. The molecule has 0 bridgehead atoms. The van der Waals surface area contributed by atoms with Crippen molar-refractivity contribution in [3.63, 3.8) is 0 Å². The van der Waals surface area contributed by atoms with Gasteiger partial charge in [0.1, 0.15) is 5.82 Å². The summed E-state index contributed by atoms with van der Waals surface area (Å²) in [6, 6.07) is 26.8. The van der Waals surface area contributed by atoms with E-state index in [1.54, 1.807) is 12.1 Å². The number of rotatable bonds is 9. The summed E-state index contributed by atoms with van der Waals surface area (Å²) in [7, 11) is 0. The number of carbonyl (C=O) groups excluding carboxylic acids is 1. The van der Waals surface area contributed by atoms with E-state index in [0.29, 0.717) is 13.0 Å². The highest BCUT2D eigenvalue weighted by atomic mass is 19.1. The molecule has 3 nitrogen and oxygen atoms in total. The summed E-state index contributed by atoms with van der Waals surface area (Å²) < 4.78 is 12.9. The van der Waals surface area contributed by atoms with Gasteiger partial charge in [-0.1, -0.05) is 72.8 Å². The molecule has 0 spiro atoms. The smallest absolute Gasteiger partial charge is 0.233 e. The molecule has 0 heterocycles. The third kappa shape index (κ3) is 6.32. The fourth-order valence-corrected chi connectivity index (χ4v) is 3.12. The lowest BCUT2D eigenvalue weighted by Crippen LogP contribution is -2.37. The SMILES string of the molecule is O=C(CNC(Cc1ccccc1)c1ccccc1)NCCc1ccc(F)cc1. The lowest BCUT2D eigenvalue weighted by Gasteiger charge is -2.19.